The molecule has 0 aliphatic carbocycles. The highest BCUT2D eigenvalue weighted by atomic mass is 79.9. The number of halogens is 1. The number of rotatable bonds is 3. The topological polar surface area (TPSA) is 69.9 Å². The number of aromatic amines is 1. The van der Waals surface area contributed by atoms with Crippen LogP contribution in [0.25, 0.3) is 11.3 Å². The Labute approximate surface area is 172 Å². The zero-order valence-corrected chi connectivity index (χ0v) is 17.8. The van der Waals surface area contributed by atoms with Crippen LogP contribution in [0.2, 0.25) is 0 Å². The maximum Gasteiger partial charge on any atom is 0.325 e. The minimum atomic E-state index is -0.512. The number of carbonyl (C=O) groups is 1. The quantitative estimate of drug-likeness (QED) is 0.475. The summed E-state index contributed by atoms with van der Waals surface area (Å²) in [5, 5.41) is 5.22. The minimum Gasteiger partial charge on any atom is -0.291 e. The second-order valence-electron chi connectivity index (χ2n) is 5.91. The van der Waals surface area contributed by atoms with Gasteiger partial charge in [-0.3, -0.25) is 14.6 Å². The standard InChI is InChI=1S/C18H15BrN4O2S2/c1-3-26-18-20-16(25)15-11-6-4-5-7-12(11)22(10(2)24)17(23(15)21-18)13-8-9-14(19)27-13/h4-9,17H,3H2,1-2H3/p+1/t17-/m1/s1. The monoisotopic (exact) mass is 463 g/mol. The Hall–Kier alpha value is -1.97. The number of H-pyrrole nitrogens is 1. The summed E-state index contributed by atoms with van der Waals surface area (Å²) in [5.41, 5.74) is 1.65. The molecule has 1 amide bonds. The summed E-state index contributed by atoms with van der Waals surface area (Å²) >= 11 is 6.48. The van der Waals surface area contributed by atoms with Crippen molar-refractivity contribution in [2.24, 2.45) is 0 Å². The van der Waals surface area contributed by atoms with E-state index in [0.29, 0.717) is 22.1 Å². The Morgan fingerprint density at radius 1 is 1.37 bits per heavy atom. The molecule has 1 aromatic carbocycles. The highest BCUT2D eigenvalue weighted by Gasteiger charge is 2.45. The molecule has 0 radical (unpaired) electrons. The van der Waals surface area contributed by atoms with Crippen molar-refractivity contribution in [2.45, 2.75) is 25.2 Å². The molecule has 0 saturated heterocycles. The van der Waals surface area contributed by atoms with E-state index >= 15 is 0 Å². The molecular formula is C18H16BrN4O2S2+. The van der Waals surface area contributed by atoms with Crippen molar-refractivity contribution >= 4 is 50.6 Å². The number of hydrogen-bond donors (Lipinski definition) is 1. The second kappa shape index (κ2) is 7.21. The largest absolute Gasteiger partial charge is 0.325 e. The fourth-order valence-corrected chi connectivity index (χ4v) is 5.32. The van der Waals surface area contributed by atoms with Gasteiger partial charge in [0.05, 0.1) is 19.9 Å². The summed E-state index contributed by atoms with van der Waals surface area (Å²) in [7, 11) is 0. The predicted molar refractivity (Wildman–Crippen MR) is 110 cm³/mol. The molecule has 3 heterocycles. The first-order chi connectivity index (χ1) is 13.0. The summed E-state index contributed by atoms with van der Waals surface area (Å²) in [6.07, 6.45) is -0.512. The smallest absolute Gasteiger partial charge is 0.291 e. The molecule has 0 spiro atoms. The van der Waals surface area contributed by atoms with E-state index in [9.17, 15) is 9.59 Å². The lowest BCUT2D eigenvalue weighted by atomic mass is 10.0. The number of amides is 1. The number of carbonyl (C=O) groups excluding carboxylic acids is 1. The fraction of sp³-hybridized carbons (Fsp3) is 0.222. The normalized spacial score (nSPS) is 15.4. The average Bonchev–Trinajstić information content (AvgIpc) is 3.06. The molecule has 1 N–H and O–H groups in total. The van der Waals surface area contributed by atoms with Crippen molar-refractivity contribution in [3.63, 3.8) is 0 Å². The molecule has 0 bridgehead atoms. The van der Waals surface area contributed by atoms with E-state index in [1.807, 2.05) is 43.3 Å². The van der Waals surface area contributed by atoms with E-state index in [1.54, 1.807) is 9.58 Å². The zero-order chi connectivity index (χ0) is 19.1. The molecule has 0 saturated carbocycles. The lowest BCUT2D eigenvalue weighted by Gasteiger charge is -2.30. The van der Waals surface area contributed by atoms with Crippen molar-refractivity contribution in [1.29, 1.82) is 0 Å². The molecule has 3 aromatic rings. The number of nitrogens with one attached hydrogen (secondary N) is 1. The lowest BCUT2D eigenvalue weighted by Crippen LogP contribution is -2.60. The van der Waals surface area contributed by atoms with Crippen LogP contribution < -0.4 is 15.1 Å². The Morgan fingerprint density at radius 3 is 2.81 bits per heavy atom. The SMILES string of the molecule is CCSc1n[n+]2c(c(=O)[nH]1)-c1ccccc1N(C(C)=O)[C@H]2c1ccc(Br)s1. The zero-order valence-electron chi connectivity index (χ0n) is 14.6. The molecule has 6 nitrogen and oxygen atoms in total. The van der Waals surface area contributed by atoms with Crippen molar-refractivity contribution in [3.05, 3.63) is 55.4 Å². The van der Waals surface area contributed by atoms with Crippen molar-refractivity contribution < 1.29 is 9.48 Å². The van der Waals surface area contributed by atoms with Crippen LogP contribution >= 0.6 is 39.0 Å². The van der Waals surface area contributed by atoms with E-state index in [4.69, 9.17) is 0 Å². The van der Waals surface area contributed by atoms with Gasteiger partial charge in [-0.2, -0.15) is 0 Å². The fourth-order valence-electron chi connectivity index (χ4n) is 3.24. The third kappa shape index (κ3) is 3.13. The van der Waals surface area contributed by atoms with E-state index in [-0.39, 0.29) is 11.5 Å². The number of hydrogen-bond acceptors (Lipinski definition) is 5. The lowest BCUT2D eigenvalue weighted by molar-refractivity contribution is -0.762. The molecule has 2 aromatic heterocycles. The summed E-state index contributed by atoms with van der Waals surface area (Å²) in [6.45, 7) is 3.53. The van der Waals surface area contributed by atoms with Crippen LogP contribution in [-0.2, 0) is 4.79 Å². The number of benzene rings is 1. The molecule has 27 heavy (non-hydrogen) atoms. The highest BCUT2D eigenvalue weighted by molar-refractivity contribution is 9.11. The molecule has 0 unspecified atom stereocenters. The maximum atomic E-state index is 12.9. The molecule has 1 aliphatic heterocycles. The van der Waals surface area contributed by atoms with Crippen molar-refractivity contribution in [1.82, 2.24) is 10.1 Å². The van der Waals surface area contributed by atoms with Gasteiger partial charge in [-0.25, -0.2) is 4.90 Å². The average molecular weight is 464 g/mol. The summed E-state index contributed by atoms with van der Waals surface area (Å²) in [6, 6.07) is 11.3. The second-order valence-corrected chi connectivity index (χ2v) is 9.65. The van der Waals surface area contributed by atoms with Crippen LogP contribution in [0.15, 0.2) is 50.1 Å². The van der Waals surface area contributed by atoms with E-state index in [0.717, 1.165) is 14.4 Å². The number of nitrogens with zero attached hydrogens (tertiary/aromatic N) is 3. The summed E-state index contributed by atoms with van der Waals surface area (Å²) in [5.74, 6) is 0.673. The Kier molecular flexibility index (Phi) is 4.92. The number of thiophene rings is 1. The van der Waals surface area contributed by atoms with Crippen molar-refractivity contribution in [3.8, 4) is 11.3 Å². The minimum absolute atomic E-state index is 0.109. The maximum absolute atomic E-state index is 12.9. The van der Waals surface area contributed by atoms with Gasteiger partial charge in [0.15, 0.2) is 0 Å². The number of aromatic nitrogens is 3. The Bertz CT molecular complexity index is 1090. The molecule has 1 aliphatic rings. The first-order valence-corrected chi connectivity index (χ1v) is 10.9. The van der Waals surface area contributed by atoms with Gasteiger partial charge < -0.3 is 0 Å². The first-order valence-electron chi connectivity index (χ1n) is 8.34. The van der Waals surface area contributed by atoms with Crippen LogP contribution in [0.3, 0.4) is 0 Å². The van der Waals surface area contributed by atoms with E-state index < -0.39 is 6.17 Å². The van der Waals surface area contributed by atoms with Gasteiger partial charge >= 0.3 is 17.4 Å². The third-order valence-electron chi connectivity index (χ3n) is 4.23. The van der Waals surface area contributed by atoms with Crippen LogP contribution in [0.4, 0.5) is 5.69 Å². The van der Waals surface area contributed by atoms with Crippen LogP contribution in [0.5, 0.6) is 0 Å². The number of para-hydroxylation sites is 1. The molecule has 4 rings (SSSR count). The van der Waals surface area contributed by atoms with Gasteiger partial charge in [-0.05, 0) is 50.6 Å². The highest BCUT2D eigenvalue weighted by Crippen LogP contribution is 2.39. The van der Waals surface area contributed by atoms with Crippen LogP contribution in [-0.4, -0.2) is 21.7 Å². The molecule has 138 valence electrons. The Morgan fingerprint density at radius 2 is 2.15 bits per heavy atom. The van der Waals surface area contributed by atoms with Gasteiger partial charge in [-0.1, -0.05) is 30.8 Å². The number of fused-ring (bicyclic) bond motifs is 3. The molecular weight excluding hydrogens is 448 g/mol. The molecule has 0 fully saturated rings. The third-order valence-corrected chi connectivity index (χ3v) is 6.64. The van der Waals surface area contributed by atoms with Crippen LogP contribution in [0, 0.1) is 0 Å². The van der Waals surface area contributed by atoms with E-state index in [1.165, 1.54) is 30.0 Å². The summed E-state index contributed by atoms with van der Waals surface area (Å²) < 4.78 is 2.63. The van der Waals surface area contributed by atoms with Crippen LogP contribution in [0.1, 0.15) is 24.9 Å². The number of anilines is 1. The molecule has 1 atom stereocenters. The van der Waals surface area contributed by atoms with Gasteiger partial charge in [0.2, 0.25) is 11.1 Å². The van der Waals surface area contributed by atoms with Gasteiger partial charge in [-0.15, -0.1) is 11.3 Å². The van der Waals surface area contributed by atoms with Crippen molar-refractivity contribution in [2.75, 3.05) is 10.7 Å². The predicted octanol–water partition coefficient (Wildman–Crippen LogP) is 3.57. The summed E-state index contributed by atoms with van der Waals surface area (Å²) in [4.78, 5) is 31.1. The molecule has 9 heteroatoms. The number of thioether (sulfide) groups is 1. The first kappa shape index (κ1) is 18.4. The van der Waals surface area contributed by atoms with E-state index in [2.05, 4.69) is 26.0 Å². The van der Waals surface area contributed by atoms with Gasteiger partial charge in [0, 0.05) is 12.0 Å². The van der Waals surface area contributed by atoms with Gasteiger partial charge in [0.1, 0.15) is 0 Å². The Balaban J connectivity index is 2.07. The van der Waals surface area contributed by atoms with Gasteiger partial charge in [0.25, 0.3) is 0 Å².